The van der Waals surface area contributed by atoms with Crippen molar-refractivity contribution in [2.45, 2.75) is 0 Å². The van der Waals surface area contributed by atoms with Crippen LogP contribution in [0.15, 0.2) is 0 Å². The topological polar surface area (TPSA) is 21.3 Å². The van der Waals surface area contributed by atoms with Crippen LogP contribution in [0.2, 0.25) is 0 Å². The SMILES string of the molecule is SSNCC1COC1. The van der Waals surface area contributed by atoms with E-state index in [1.165, 1.54) is 11.0 Å². The minimum absolute atomic E-state index is 0.731. The van der Waals surface area contributed by atoms with Crippen LogP contribution in [0.3, 0.4) is 0 Å². The first kappa shape index (κ1) is 6.74. The van der Waals surface area contributed by atoms with Gasteiger partial charge in [0.05, 0.1) is 13.2 Å². The predicted molar refractivity (Wildman–Crippen MR) is 38.9 cm³/mol. The summed E-state index contributed by atoms with van der Waals surface area (Å²) < 4.78 is 8.01. The maximum atomic E-state index is 4.96. The molecular weight excluding hydrogens is 142 g/mol. The van der Waals surface area contributed by atoms with E-state index in [4.69, 9.17) is 4.74 Å². The van der Waals surface area contributed by atoms with Gasteiger partial charge in [0.1, 0.15) is 0 Å². The first-order valence-corrected chi connectivity index (χ1v) is 4.41. The molecule has 0 amide bonds. The minimum atomic E-state index is 0.731. The Morgan fingerprint density at radius 2 is 2.50 bits per heavy atom. The van der Waals surface area contributed by atoms with Crippen LogP contribution in [0.5, 0.6) is 0 Å². The Morgan fingerprint density at radius 3 is 2.88 bits per heavy atom. The lowest BCUT2D eigenvalue weighted by molar-refractivity contribution is -0.0281. The van der Waals surface area contributed by atoms with Crippen molar-refractivity contribution >= 4 is 22.6 Å². The van der Waals surface area contributed by atoms with Gasteiger partial charge in [0.25, 0.3) is 0 Å². The van der Waals surface area contributed by atoms with Gasteiger partial charge in [-0.15, -0.1) is 0 Å². The van der Waals surface area contributed by atoms with Gasteiger partial charge in [-0.05, 0) is 11.0 Å². The third-order valence-electron chi connectivity index (χ3n) is 1.14. The predicted octanol–water partition coefficient (Wildman–Crippen LogP) is 0.715. The van der Waals surface area contributed by atoms with Crippen LogP contribution in [0.25, 0.3) is 0 Å². The maximum absolute atomic E-state index is 4.96. The second-order valence-electron chi connectivity index (χ2n) is 1.84. The van der Waals surface area contributed by atoms with Crippen LogP contribution in [0.1, 0.15) is 0 Å². The molecule has 0 aliphatic carbocycles. The smallest absolute Gasteiger partial charge is 0.0529 e. The zero-order valence-corrected chi connectivity index (χ0v) is 6.17. The second kappa shape index (κ2) is 3.61. The molecule has 2 nitrogen and oxygen atoms in total. The van der Waals surface area contributed by atoms with E-state index in [-0.39, 0.29) is 0 Å². The lowest BCUT2D eigenvalue weighted by Crippen LogP contribution is -2.34. The molecule has 0 aromatic carbocycles. The fourth-order valence-electron chi connectivity index (χ4n) is 0.557. The Morgan fingerprint density at radius 1 is 1.75 bits per heavy atom. The van der Waals surface area contributed by atoms with Crippen LogP contribution in [0.4, 0.5) is 0 Å². The van der Waals surface area contributed by atoms with Gasteiger partial charge in [0.2, 0.25) is 0 Å². The molecule has 4 heteroatoms. The van der Waals surface area contributed by atoms with Gasteiger partial charge in [-0.2, -0.15) is 0 Å². The zero-order chi connectivity index (χ0) is 5.82. The molecule has 1 heterocycles. The summed E-state index contributed by atoms with van der Waals surface area (Å²) in [6, 6.07) is 0. The molecule has 1 aliphatic heterocycles. The molecule has 1 aliphatic rings. The summed E-state index contributed by atoms with van der Waals surface area (Å²) in [5.41, 5.74) is 0. The lowest BCUT2D eigenvalue weighted by atomic mass is 10.1. The summed E-state index contributed by atoms with van der Waals surface area (Å²) in [5.74, 6) is 0.731. The van der Waals surface area contributed by atoms with Crippen LogP contribution < -0.4 is 4.72 Å². The van der Waals surface area contributed by atoms with Crippen molar-refractivity contribution in [3.05, 3.63) is 0 Å². The van der Waals surface area contributed by atoms with E-state index in [1.807, 2.05) is 0 Å². The molecule has 1 saturated heterocycles. The fraction of sp³-hybridized carbons (Fsp3) is 1.00. The van der Waals surface area contributed by atoms with Crippen LogP contribution in [0, 0.1) is 5.92 Å². The molecule has 0 atom stereocenters. The highest BCUT2D eigenvalue weighted by atomic mass is 33.1. The summed E-state index contributed by atoms with van der Waals surface area (Å²) in [6.45, 7) is 2.86. The van der Waals surface area contributed by atoms with Crippen molar-refractivity contribution in [3.8, 4) is 0 Å². The third-order valence-corrected chi connectivity index (χ3v) is 1.83. The van der Waals surface area contributed by atoms with E-state index in [0.717, 1.165) is 25.7 Å². The van der Waals surface area contributed by atoms with Crippen molar-refractivity contribution in [1.29, 1.82) is 0 Å². The lowest BCUT2D eigenvalue weighted by Gasteiger charge is -2.25. The molecule has 0 spiro atoms. The molecule has 8 heavy (non-hydrogen) atoms. The van der Waals surface area contributed by atoms with E-state index in [9.17, 15) is 0 Å². The highest BCUT2D eigenvalue weighted by Gasteiger charge is 2.16. The molecule has 1 N–H and O–H groups in total. The minimum Gasteiger partial charge on any atom is -0.381 e. The zero-order valence-electron chi connectivity index (χ0n) is 4.46. The highest BCUT2D eigenvalue weighted by molar-refractivity contribution is 8.67. The molecule has 0 saturated carbocycles. The summed E-state index contributed by atoms with van der Waals surface area (Å²) in [5, 5.41) is 0. The number of nitrogens with one attached hydrogen (secondary N) is 1. The molecule has 48 valence electrons. The van der Waals surface area contributed by atoms with Crippen LogP contribution in [-0.2, 0) is 4.74 Å². The number of ether oxygens (including phenoxy) is 1. The van der Waals surface area contributed by atoms with E-state index in [0.29, 0.717) is 0 Å². The molecule has 0 bridgehead atoms. The Labute approximate surface area is 58.3 Å². The molecule has 1 rings (SSSR count). The normalized spacial score (nSPS) is 20.6. The van der Waals surface area contributed by atoms with Crippen molar-refractivity contribution in [2.24, 2.45) is 5.92 Å². The summed E-state index contributed by atoms with van der Waals surface area (Å²) in [7, 11) is 1.37. The number of rotatable bonds is 3. The van der Waals surface area contributed by atoms with Crippen molar-refractivity contribution in [1.82, 2.24) is 4.72 Å². The van der Waals surface area contributed by atoms with Crippen LogP contribution in [-0.4, -0.2) is 19.8 Å². The third kappa shape index (κ3) is 1.85. The van der Waals surface area contributed by atoms with E-state index in [2.05, 4.69) is 16.4 Å². The highest BCUT2D eigenvalue weighted by Crippen LogP contribution is 2.09. The van der Waals surface area contributed by atoms with Crippen LogP contribution >= 0.6 is 22.6 Å². The first-order valence-electron chi connectivity index (χ1n) is 2.54. The first-order chi connectivity index (χ1) is 3.93. The Bertz CT molecular complexity index is 67.1. The van der Waals surface area contributed by atoms with Crippen molar-refractivity contribution < 1.29 is 4.74 Å². The number of hydrogen-bond donors (Lipinski definition) is 2. The number of thiol groups is 1. The fourth-order valence-corrected chi connectivity index (χ4v) is 1.09. The van der Waals surface area contributed by atoms with E-state index < -0.39 is 0 Å². The van der Waals surface area contributed by atoms with E-state index >= 15 is 0 Å². The molecule has 0 radical (unpaired) electrons. The maximum Gasteiger partial charge on any atom is 0.0529 e. The van der Waals surface area contributed by atoms with Gasteiger partial charge in [0, 0.05) is 12.5 Å². The van der Waals surface area contributed by atoms with Gasteiger partial charge in [-0.25, -0.2) is 0 Å². The Kier molecular flexibility index (Phi) is 3.04. The van der Waals surface area contributed by atoms with E-state index in [1.54, 1.807) is 0 Å². The summed E-state index contributed by atoms with van der Waals surface area (Å²) >= 11 is 3.92. The van der Waals surface area contributed by atoms with Gasteiger partial charge in [0.15, 0.2) is 0 Å². The molecule has 1 fully saturated rings. The summed E-state index contributed by atoms with van der Waals surface area (Å²) in [6.07, 6.45) is 0. The second-order valence-corrected chi connectivity index (χ2v) is 2.86. The molecule has 0 aromatic rings. The quantitative estimate of drug-likeness (QED) is 0.352. The van der Waals surface area contributed by atoms with Gasteiger partial charge in [-0.3, -0.25) is 4.72 Å². The van der Waals surface area contributed by atoms with Gasteiger partial charge in [-0.1, -0.05) is 11.7 Å². The number of hydrogen-bond acceptors (Lipinski definition) is 4. The monoisotopic (exact) mass is 151 g/mol. The molecule has 0 aromatic heterocycles. The Hall–Kier alpha value is 0.620. The average molecular weight is 151 g/mol. The summed E-state index contributed by atoms with van der Waals surface area (Å²) in [4.78, 5) is 0. The molecular formula is C4H9NOS2. The molecule has 0 unspecified atom stereocenters. The van der Waals surface area contributed by atoms with Gasteiger partial charge < -0.3 is 4.74 Å². The van der Waals surface area contributed by atoms with Gasteiger partial charge >= 0.3 is 0 Å². The Balaban J connectivity index is 1.86. The van der Waals surface area contributed by atoms with Crippen molar-refractivity contribution in [2.75, 3.05) is 19.8 Å². The standard InChI is InChI=1S/C4H9NOS2/c7-8-5-1-4-2-6-3-4/h4-5,7H,1-3H2. The van der Waals surface area contributed by atoms with Crippen molar-refractivity contribution in [3.63, 3.8) is 0 Å². The largest absolute Gasteiger partial charge is 0.381 e. The average Bonchev–Trinajstić information content (AvgIpc) is 1.63.